The van der Waals surface area contributed by atoms with Crippen LogP contribution in [0.1, 0.15) is 49.4 Å². The fourth-order valence-corrected chi connectivity index (χ4v) is 5.35. The number of hydrogen-bond acceptors (Lipinski definition) is 4. The largest absolute Gasteiger partial charge is 0.356 e. The van der Waals surface area contributed by atoms with Crippen molar-refractivity contribution in [2.75, 3.05) is 23.3 Å². The molecule has 2 heterocycles. The molecule has 0 saturated carbocycles. The average Bonchev–Trinajstić information content (AvgIpc) is 2.92. The second-order valence-corrected chi connectivity index (χ2v) is 11.9. The van der Waals surface area contributed by atoms with Crippen molar-refractivity contribution in [2.45, 2.75) is 56.3 Å². The molecule has 1 fully saturated rings. The summed E-state index contributed by atoms with van der Waals surface area (Å²) in [4.78, 5) is 7.92. The zero-order valence-corrected chi connectivity index (χ0v) is 20.2. The number of nitrogens with one attached hydrogen (secondary N) is 1. The molecule has 0 spiro atoms. The molecule has 0 amide bonds. The third-order valence-corrected chi connectivity index (χ3v) is 7.75. The zero-order chi connectivity index (χ0) is 23.8. The van der Waals surface area contributed by atoms with Gasteiger partial charge < -0.3 is 10.2 Å². The lowest BCUT2D eigenvalue weighted by Crippen LogP contribution is -2.29. The predicted octanol–water partition coefficient (Wildman–Crippen LogP) is 5.82. The van der Waals surface area contributed by atoms with Crippen LogP contribution in [0.25, 0.3) is 5.70 Å². The Morgan fingerprint density at radius 2 is 2.03 bits per heavy atom. The number of fused-ring (bicyclic) bond motifs is 1. The summed E-state index contributed by atoms with van der Waals surface area (Å²) < 4.78 is 28.1. The van der Waals surface area contributed by atoms with E-state index in [1.165, 1.54) is 5.56 Å². The van der Waals surface area contributed by atoms with Crippen molar-refractivity contribution in [1.82, 2.24) is 4.98 Å². The molecule has 33 heavy (non-hydrogen) atoms. The molecule has 0 bridgehead atoms. The van der Waals surface area contributed by atoms with Crippen molar-refractivity contribution in [2.24, 2.45) is 11.1 Å². The van der Waals surface area contributed by atoms with Crippen LogP contribution in [0.5, 0.6) is 0 Å². The first-order valence-electron chi connectivity index (χ1n) is 11.5. The highest BCUT2D eigenvalue weighted by atomic mass is 32.2. The molecule has 1 saturated heterocycles. The monoisotopic (exact) mass is 472 g/mol. The lowest BCUT2D eigenvalue weighted by Gasteiger charge is -2.29. The van der Waals surface area contributed by atoms with Gasteiger partial charge in [-0.15, -0.1) is 9.39 Å². The van der Waals surface area contributed by atoms with Crippen LogP contribution in [0, 0.1) is 5.92 Å². The van der Waals surface area contributed by atoms with Crippen LogP contribution < -0.4 is 15.4 Å². The van der Waals surface area contributed by atoms with E-state index in [2.05, 4.69) is 36.6 Å². The fourth-order valence-electron chi connectivity index (χ4n) is 4.64. The summed E-state index contributed by atoms with van der Waals surface area (Å²) >= 11 is 0. The second-order valence-electron chi connectivity index (χ2n) is 9.59. The molecule has 1 atom stereocenters. The van der Waals surface area contributed by atoms with Crippen LogP contribution in [0.4, 0.5) is 20.3 Å². The minimum Gasteiger partial charge on any atom is -0.356 e. The SMILES string of the molecule is C=C(Nc1cccc(S(=C)(=C)N)c1)c1cc2c(nc1N1CCCC(F)(F)CC1)CCC(C)C2. The number of alkyl halides is 2. The maximum atomic E-state index is 14.1. The number of anilines is 2. The molecule has 3 N–H and O–H groups in total. The van der Waals surface area contributed by atoms with E-state index >= 15 is 0 Å². The van der Waals surface area contributed by atoms with Crippen LogP contribution in [-0.4, -0.2) is 35.7 Å². The van der Waals surface area contributed by atoms with Gasteiger partial charge in [0.25, 0.3) is 0 Å². The molecule has 1 aromatic heterocycles. The first kappa shape index (κ1) is 23.8. The van der Waals surface area contributed by atoms with E-state index in [1.54, 1.807) is 0 Å². The lowest BCUT2D eigenvalue weighted by atomic mass is 9.87. The summed E-state index contributed by atoms with van der Waals surface area (Å²) in [6.07, 6.45) is 3.20. The van der Waals surface area contributed by atoms with E-state index in [1.807, 2.05) is 29.2 Å². The van der Waals surface area contributed by atoms with Gasteiger partial charge >= 0.3 is 0 Å². The van der Waals surface area contributed by atoms with Gasteiger partial charge in [-0.1, -0.05) is 31.3 Å². The maximum Gasteiger partial charge on any atom is 0.249 e. The van der Waals surface area contributed by atoms with Crippen molar-refractivity contribution >= 4 is 38.3 Å². The van der Waals surface area contributed by atoms with Crippen LogP contribution in [-0.2, 0) is 12.8 Å². The number of aromatic nitrogens is 1. The molecular weight excluding hydrogens is 438 g/mol. The van der Waals surface area contributed by atoms with Gasteiger partial charge in [-0.25, -0.2) is 13.8 Å². The summed E-state index contributed by atoms with van der Waals surface area (Å²) in [5.41, 5.74) is 4.71. The molecule has 1 aliphatic carbocycles. The fraction of sp³-hybridized carbons (Fsp3) is 0.423. The van der Waals surface area contributed by atoms with Gasteiger partial charge in [-0.05, 0) is 61.4 Å². The third kappa shape index (κ3) is 5.58. The van der Waals surface area contributed by atoms with Crippen molar-refractivity contribution < 1.29 is 8.78 Å². The number of pyridine rings is 1. The van der Waals surface area contributed by atoms with Gasteiger partial charge in [0.15, 0.2) is 0 Å². The van der Waals surface area contributed by atoms with Crippen molar-refractivity contribution in [3.8, 4) is 0 Å². The summed E-state index contributed by atoms with van der Waals surface area (Å²) in [7, 11) is -1.85. The minimum atomic E-state index is -2.62. The number of nitrogens with two attached hydrogens (primary N) is 1. The van der Waals surface area contributed by atoms with Crippen LogP contribution in [0.15, 0.2) is 41.8 Å². The highest BCUT2D eigenvalue weighted by molar-refractivity contribution is 8.26. The predicted molar refractivity (Wildman–Crippen MR) is 140 cm³/mol. The van der Waals surface area contributed by atoms with Gasteiger partial charge in [0.1, 0.15) is 5.82 Å². The van der Waals surface area contributed by atoms with Crippen LogP contribution >= 0.6 is 9.39 Å². The van der Waals surface area contributed by atoms with E-state index < -0.39 is 15.3 Å². The first-order valence-corrected chi connectivity index (χ1v) is 13.5. The van der Waals surface area contributed by atoms with Crippen LogP contribution in [0.3, 0.4) is 0 Å². The van der Waals surface area contributed by atoms with Crippen LogP contribution in [0.2, 0.25) is 0 Å². The summed E-state index contributed by atoms with van der Waals surface area (Å²) in [6, 6.07) is 9.89. The number of rotatable bonds is 5. The Morgan fingerprint density at radius 3 is 2.79 bits per heavy atom. The number of hydrogen-bond donors (Lipinski definition) is 2. The maximum absolute atomic E-state index is 14.1. The van der Waals surface area contributed by atoms with Crippen molar-refractivity contribution in [3.63, 3.8) is 0 Å². The number of halogens is 2. The average molecular weight is 473 g/mol. The Labute approximate surface area is 196 Å². The summed E-state index contributed by atoms with van der Waals surface area (Å²) in [5, 5.41) is 9.54. The second kappa shape index (κ2) is 9.11. The van der Waals surface area contributed by atoms with E-state index in [4.69, 9.17) is 10.1 Å². The van der Waals surface area contributed by atoms with E-state index in [0.29, 0.717) is 24.6 Å². The molecule has 1 aromatic carbocycles. The summed E-state index contributed by atoms with van der Waals surface area (Å²) in [6.45, 7) is 7.41. The van der Waals surface area contributed by atoms with Gasteiger partial charge in [0.05, 0.1) is 0 Å². The Hall–Kier alpha value is -2.38. The van der Waals surface area contributed by atoms with Gasteiger partial charge in [0.2, 0.25) is 5.92 Å². The Morgan fingerprint density at radius 1 is 1.24 bits per heavy atom. The van der Waals surface area contributed by atoms with E-state index in [9.17, 15) is 8.78 Å². The molecule has 4 rings (SSSR count). The topological polar surface area (TPSA) is 54.2 Å². The Balaban J connectivity index is 1.70. The van der Waals surface area contributed by atoms with Gasteiger partial charge in [-0.3, -0.25) is 5.14 Å². The minimum absolute atomic E-state index is 0.0768. The molecule has 1 unspecified atom stereocenters. The highest BCUT2D eigenvalue weighted by Crippen LogP contribution is 2.36. The Kier molecular flexibility index (Phi) is 6.56. The molecule has 7 heteroatoms. The van der Waals surface area contributed by atoms with E-state index in [-0.39, 0.29) is 19.4 Å². The molecule has 4 nitrogen and oxygen atoms in total. The Bertz CT molecular complexity index is 1160. The molecule has 0 radical (unpaired) electrons. The highest BCUT2D eigenvalue weighted by Gasteiger charge is 2.33. The van der Waals surface area contributed by atoms with Gasteiger partial charge in [0, 0.05) is 53.5 Å². The smallest absolute Gasteiger partial charge is 0.249 e. The first-order chi connectivity index (χ1) is 15.5. The zero-order valence-electron chi connectivity index (χ0n) is 19.4. The molecule has 2 aliphatic rings. The molecular formula is C26H34F2N4S. The third-order valence-electron chi connectivity index (χ3n) is 6.55. The van der Waals surface area contributed by atoms with Gasteiger partial charge in [-0.2, -0.15) is 0 Å². The standard InChI is InChI=1S/C26H34F2N4S/c1-18-9-10-24-20(15-18)16-23(25(31-24)32-13-6-11-26(27,28)12-14-32)19(2)30-21-7-5-8-22(17-21)33(3,4)29/h5,7-8,16-18,30H,2-4,6,9-15,29H2,1H3. The van der Waals surface area contributed by atoms with Crippen molar-refractivity contribution in [1.29, 1.82) is 0 Å². The molecule has 2 aromatic rings. The van der Waals surface area contributed by atoms with Crippen molar-refractivity contribution in [3.05, 3.63) is 53.7 Å². The number of nitrogens with zero attached hydrogens (tertiary/aromatic N) is 2. The quantitative estimate of drug-likeness (QED) is 0.539. The number of aryl methyl sites for hydroxylation is 1. The lowest BCUT2D eigenvalue weighted by molar-refractivity contribution is -0.0102. The summed E-state index contributed by atoms with van der Waals surface area (Å²) in [5.74, 6) is 6.72. The normalized spacial score (nSPS) is 20.6. The van der Waals surface area contributed by atoms with E-state index in [0.717, 1.165) is 46.9 Å². The number of benzene rings is 1. The molecule has 1 aliphatic heterocycles. The molecule has 178 valence electrons.